The van der Waals surface area contributed by atoms with Crippen LogP contribution in [0.4, 0.5) is 0 Å². The Bertz CT molecular complexity index is 945. The smallest absolute Gasteiger partial charge is 0.224 e. The molecule has 0 radical (unpaired) electrons. The summed E-state index contributed by atoms with van der Waals surface area (Å²) in [5, 5.41) is 32.4. The summed E-state index contributed by atoms with van der Waals surface area (Å²) in [5.74, 6) is 0.629. The van der Waals surface area contributed by atoms with Crippen molar-refractivity contribution in [2.45, 2.75) is 112 Å². The lowest BCUT2D eigenvalue weighted by Crippen LogP contribution is -2.68. The third-order valence-corrected chi connectivity index (χ3v) is 13.2. The molecule has 1 amide bonds. The summed E-state index contributed by atoms with van der Waals surface area (Å²) in [4.78, 5) is 13.0. The van der Waals surface area contributed by atoms with Gasteiger partial charge in [-0.1, -0.05) is 53.2 Å². The standard InChI is InChI=1S/C30H49NO4/c1-25(2)11-13-30(24(31)35)14-12-28(5)18(19(30)15-25)7-8-22-26(3)16-20(33)23(34)27(4,17-32)21(26)9-10-29(22,28)6/h7,19-23,32-34H,8-17H2,1-6H3,(H2,31,35)/t19-,20+,21+,22+,23-,26-,27-,28+,29+,30-/m0/s1. The Kier molecular flexibility index (Phi) is 5.56. The SMILES string of the molecule is CC1(C)CC[C@]2(C(N)=O)CC[C@]3(C)C(=CC[C@@H]4[C@@]5(C)C[C@@H](O)[C@H](O)[C@@](C)(CO)[C@@H]5CC[C@]43C)[C@@H]2C1. The van der Waals surface area contributed by atoms with E-state index in [1.165, 1.54) is 5.57 Å². The Labute approximate surface area is 211 Å². The van der Waals surface area contributed by atoms with E-state index in [0.29, 0.717) is 12.3 Å². The van der Waals surface area contributed by atoms with E-state index in [-0.39, 0.29) is 46.0 Å². The molecule has 35 heavy (non-hydrogen) atoms. The maximum atomic E-state index is 13.0. The van der Waals surface area contributed by atoms with Crippen molar-refractivity contribution in [3.63, 3.8) is 0 Å². The van der Waals surface area contributed by atoms with Crippen molar-refractivity contribution in [1.29, 1.82) is 0 Å². The van der Waals surface area contributed by atoms with E-state index in [4.69, 9.17) is 5.73 Å². The van der Waals surface area contributed by atoms with Crippen LogP contribution in [-0.4, -0.2) is 40.0 Å². The molecule has 0 aliphatic heterocycles. The first kappa shape index (κ1) is 25.7. The van der Waals surface area contributed by atoms with E-state index in [2.05, 4.69) is 40.7 Å². The first-order valence-electron chi connectivity index (χ1n) is 14.1. The van der Waals surface area contributed by atoms with Gasteiger partial charge in [0.2, 0.25) is 5.91 Å². The highest BCUT2D eigenvalue weighted by molar-refractivity contribution is 5.82. The zero-order valence-corrected chi connectivity index (χ0v) is 22.9. The number of amides is 1. The number of hydrogen-bond donors (Lipinski definition) is 4. The molecule has 0 aromatic carbocycles. The van der Waals surface area contributed by atoms with Gasteiger partial charge in [-0.05, 0) is 97.2 Å². The zero-order valence-electron chi connectivity index (χ0n) is 22.9. The Hall–Kier alpha value is -0.910. The number of allylic oxidation sites excluding steroid dienone is 2. The Morgan fingerprint density at radius 1 is 0.971 bits per heavy atom. The fraction of sp³-hybridized carbons (Fsp3) is 0.900. The molecule has 5 N–H and O–H groups in total. The van der Waals surface area contributed by atoms with Crippen molar-refractivity contribution in [2.24, 2.45) is 56.0 Å². The van der Waals surface area contributed by atoms with Gasteiger partial charge in [-0.3, -0.25) is 4.79 Å². The number of carbonyl (C=O) groups excluding carboxylic acids is 1. The summed E-state index contributed by atoms with van der Waals surface area (Å²) in [5.41, 5.74) is 6.60. The first-order valence-corrected chi connectivity index (χ1v) is 14.1. The van der Waals surface area contributed by atoms with Crippen LogP contribution in [-0.2, 0) is 4.79 Å². The monoisotopic (exact) mass is 487 g/mol. The van der Waals surface area contributed by atoms with E-state index < -0.39 is 23.0 Å². The summed E-state index contributed by atoms with van der Waals surface area (Å²) in [6.07, 6.45) is 9.10. The minimum Gasteiger partial charge on any atom is -0.396 e. The van der Waals surface area contributed by atoms with E-state index in [0.717, 1.165) is 51.4 Å². The predicted octanol–water partition coefficient (Wildman–Crippen LogP) is 4.58. The van der Waals surface area contributed by atoms with Crippen molar-refractivity contribution in [1.82, 2.24) is 0 Å². The van der Waals surface area contributed by atoms with Gasteiger partial charge in [0, 0.05) is 5.41 Å². The predicted molar refractivity (Wildman–Crippen MR) is 137 cm³/mol. The second-order valence-corrected chi connectivity index (χ2v) is 15.1. The highest BCUT2D eigenvalue weighted by Crippen LogP contribution is 2.75. The molecule has 0 saturated heterocycles. The summed E-state index contributed by atoms with van der Waals surface area (Å²) in [6.45, 7) is 13.8. The molecule has 10 atom stereocenters. The molecular weight excluding hydrogens is 438 g/mol. The maximum Gasteiger partial charge on any atom is 0.224 e. The van der Waals surface area contributed by atoms with Gasteiger partial charge in [0.25, 0.3) is 0 Å². The minimum absolute atomic E-state index is 0.0163. The molecule has 0 heterocycles. The molecule has 0 spiro atoms. The molecule has 5 heteroatoms. The van der Waals surface area contributed by atoms with Crippen LogP contribution in [0, 0.1) is 50.2 Å². The molecule has 0 bridgehead atoms. The maximum absolute atomic E-state index is 13.0. The average Bonchev–Trinajstić information content (AvgIpc) is 2.77. The van der Waals surface area contributed by atoms with Gasteiger partial charge in [-0.2, -0.15) is 0 Å². The average molecular weight is 488 g/mol. The number of rotatable bonds is 2. The van der Waals surface area contributed by atoms with Gasteiger partial charge in [-0.15, -0.1) is 0 Å². The van der Waals surface area contributed by atoms with Gasteiger partial charge in [0.1, 0.15) is 0 Å². The summed E-state index contributed by atoms with van der Waals surface area (Å²) >= 11 is 0. The molecule has 0 aromatic rings. The van der Waals surface area contributed by atoms with Crippen LogP contribution in [0.15, 0.2) is 11.6 Å². The normalized spacial score (nSPS) is 55.0. The minimum atomic E-state index is -0.893. The van der Waals surface area contributed by atoms with Gasteiger partial charge in [0.05, 0.1) is 24.2 Å². The van der Waals surface area contributed by atoms with Crippen LogP contribution in [0.2, 0.25) is 0 Å². The highest BCUT2D eigenvalue weighted by atomic mass is 16.3. The molecule has 0 aromatic heterocycles. The van der Waals surface area contributed by atoms with Gasteiger partial charge in [0.15, 0.2) is 0 Å². The molecule has 5 aliphatic carbocycles. The highest BCUT2D eigenvalue weighted by Gasteiger charge is 2.70. The number of carbonyl (C=O) groups is 1. The van der Waals surface area contributed by atoms with E-state index in [1.54, 1.807) is 0 Å². The first-order chi connectivity index (χ1) is 16.1. The molecule has 198 valence electrons. The Balaban J connectivity index is 1.61. The van der Waals surface area contributed by atoms with Crippen molar-refractivity contribution >= 4 is 5.91 Å². The van der Waals surface area contributed by atoms with Gasteiger partial charge >= 0.3 is 0 Å². The second-order valence-electron chi connectivity index (χ2n) is 15.1. The van der Waals surface area contributed by atoms with Crippen molar-refractivity contribution in [2.75, 3.05) is 6.61 Å². The fourth-order valence-corrected chi connectivity index (χ4v) is 10.8. The number of aliphatic hydroxyl groups excluding tert-OH is 3. The van der Waals surface area contributed by atoms with Gasteiger partial charge < -0.3 is 21.1 Å². The molecule has 5 rings (SSSR count). The van der Waals surface area contributed by atoms with Crippen LogP contribution < -0.4 is 5.73 Å². The van der Waals surface area contributed by atoms with Crippen molar-refractivity contribution in [3.8, 4) is 0 Å². The Morgan fingerprint density at radius 3 is 2.26 bits per heavy atom. The van der Waals surface area contributed by atoms with E-state index in [9.17, 15) is 20.1 Å². The van der Waals surface area contributed by atoms with Crippen LogP contribution in [0.5, 0.6) is 0 Å². The summed E-state index contributed by atoms with van der Waals surface area (Å²) in [7, 11) is 0. The van der Waals surface area contributed by atoms with E-state index in [1.807, 2.05) is 6.92 Å². The lowest BCUT2D eigenvalue weighted by molar-refractivity contribution is -0.243. The molecule has 5 nitrogen and oxygen atoms in total. The number of primary amides is 1. The Morgan fingerprint density at radius 2 is 1.63 bits per heavy atom. The quantitative estimate of drug-likeness (QED) is 0.428. The molecule has 4 fully saturated rings. The molecule has 4 saturated carbocycles. The van der Waals surface area contributed by atoms with Gasteiger partial charge in [-0.25, -0.2) is 0 Å². The summed E-state index contributed by atoms with van der Waals surface area (Å²) in [6, 6.07) is 0. The lowest BCUT2D eigenvalue weighted by Gasteiger charge is -2.71. The van der Waals surface area contributed by atoms with Crippen molar-refractivity contribution < 1.29 is 20.1 Å². The summed E-state index contributed by atoms with van der Waals surface area (Å²) < 4.78 is 0. The number of nitrogens with two attached hydrogens (primary N) is 1. The third kappa shape index (κ3) is 3.07. The van der Waals surface area contributed by atoms with Crippen LogP contribution >= 0.6 is 0 Å². The van der Waals surface area contributed by atoms with Crippen molar-refractivity contribution in [3.05, 3.63) is 11.6 Å². The second kappa shape index (κ2) is 7.57. The fourth-order valence-electron chi connectivity index (χ4n) is 10.8. The number of aliphatic hydroxyl groups is 3. The third-order valence-electron chi connectivity index (χ3n) is 13.2. The van der Waals surface area contributed by atoms with Crippen LogP contribution in [0.3, 0.4) is 0 Å². The topological polar surface area (TPSA) is 104 Å². The zero-order chi connectivity index (χ0) is 25.8. The molecule has 0 unspecified atom stereocenters. The largest absolute Gasteiger partial charge is 0.396 e. The lowest BCUT2D eigenvalue weighted by atomic mass is 9.33. The van der Waals surface area contributed by atoms with Crippen LogP contribution in [0.1, 0.15) is 99.3 Å². The van der Waals surface area contributed by atoms with E-state index >= 15 is 0 Å². The number of hydrogen-bond acceptors (Lipinski definition) is 4. The number of fused-ring (bicyclic) bond motifs is 7. The van der Waals surface area contributed by atoms with Crippen LogP contribution in [0.25, 0.3) is 0 Å². The molecule has 5 aliphatic rings. The molecular formula is C30H49NO4.